The van der Waals surface area contributed by atoms with Gasteiger partial charge in [-0.15, -0.1) is 0 Å². The quantitative estimate of drug-likeness (QED) is 0.584. The second kappa shape index (κ2) is 8.02. The molecule has 0 unspecified atom stereocenters. The van der Waals surface area contributed by atoms with Crippen molar-refractivity contribution < 1.29 is 24.2 Å². The summed E-state index contributed by atoms with van der Waals surface area (Å²) in [6, 6.07) is 0. The molecular formula is C11H20N2O5. The highest BCUT2D eigenvalue weighted by atomic mass is 16.5. The molecule has 1 amide bonds. The van der Waals surface area contributed by atoms with Gasteiger partial charge in [0.15, 0.2) is 0 Å². The van der Waals surface area contributed by atoms with Gasteiger partial charge in [0.25, 0.3) is 0 Å². The summed E-state index contributed by atoms with van der Waals surface area (Å²) in [5.41, 5.74) is 0. The predicted octanol–water partition coefficient (Wildman–Crippen LogP) is -1.12. The fraction of sp³-hybridized carbons (Fsp3) is 0.818. The third-order valence-corrected chi connectivity index (χ3v) is 2.74. The molecule has 0 spiro atoms. The monoisotopic (exact) mass is 260 g/mol. The van der Waals surface area contributed by atoms with Crippen molar-refractivity contribution in [1.82, 2.24) is 9.80 Å². The van der Waals surface area contributed by atoms with E-state index in [9.17, 15) is 9.59 Å². The Labute approximate surface area is 106 Å². The molecule has 0 aromatic rings. The molecule has 1 aliphatic rings. The summed E-state index contributed by atoms with van der Waals surface area (Å²) >= 11 is 0. The number of piperazine rings is 1. The minimum Gasteiger partial charge on any atom is -0.480 e. The second-order valence-electron chi connectivity index (χ2n) is 4.10. The first-order valence-electron chi connectivity index (χ1n) is 5.92. The van der Waals surface area contributed by atoms with Crippen molar-refractivity contribution in [2.75, 3.05) is 59.7 Å². The number of nitrogens with zero attached hydrogens (tertiary/aromatic N) is 2. The molecule has 0 bridgehead atoms. The van der Waals surface area contributed by atoms with Crippen molar-refractivity contribution >= 4 is 11.9 Å². The zero-order chi connectivity index (χ0) is 13.4. The van der Waals surface area contributed by atoms with Gasteiger partial charge >= 0.3 is 5.97 Å². The van der Waals surface area contributed by atoms with E-state index in [4.69, 9.17) is 14.6 Å². The largest absolute Gasteiger partial charge is 0.480 e. The van der Waals surface area contributed by atoms with E-state index in [2.05, 4.69) is 0 Å². The minimum absolute atomic E-state index is 0.0341. The predicted molar refractivity (Wildman–Crippen MR) is 63.4 cm³/mol. The van der Waals surface area contributed by atoms with Crippen LogP contribution in [-0.2, 0) is 19.1 Å². The molecular weight excluding hydrogens is 240 g/mol. The number of methoxy groups -OCH3 is 1. The van der Waals surface area contributed by atoms with Crippen LogP contribution in [-0.4, -0.2) is 86.4 Å². The number of carboxylic acids is 1. The molecule has 0 radical (unpaired) electrons. The highest BCUT2D eigenvalue weighted by molar-refractivity contribution is 5.77. The molecule has 1 N–H and O–H groups in total. The molecule has 1 rings (SSSR count). The molecule has 7 nitrogen and oxygen atoms in total. The molecule has 7 heteroatoms. The average molecular weight is 260 g/mol. The first-order valence-corrected chi connectivity index (χ1v) is 5.92. The Morgan fingerprint density at radius 3 is 2.39 bits per heavy atom. The number of carbonyl (C=O) groups is 2. The molecule has 1 heterocycles. The van der Waals surface area contributed by atoms with Crippen LogP contribution in [0.1, 0.15) is 0 Å². The molecule has 1 fully saturated rings. The molecule has 0 atom stereocenters. The standard InChI is InChI=1S/C11H20N2O5/c1-17-6-7-18-9-10(14)13-4-2-12(3-5-13)8-11(15)16/h2-9H2,1H3,(H,15,16). The summed E-state index contributed by atoms with van der Waals surface area (Å²) in [4.78, 5) is 25.8. The Hall–Kier alpha value is -1.18. The van der Waals surface area contributed by atoms with E-state index in [1.54, 1.807) is 12.0 Å². The van der Waals surface area contributed by atoms with Crippen LogP contribution in [0.3, 0.4) is 0 Å². The van der Waals surface area contributed by atoms with Crippen LogP contribution < -0.4 is 0 Å². The van der Waals surface area contributed by atoms with Crippen LogP contribution in [0, 0.1) is 0 Å². The smallest absolute Gasteiger partial charge is 0.317 e. The summed E-state index contributed by atoms with van der Waals surface area (Å²) in [7, 11) is 1.58. The van der Waals surface area contributed by atoms with E-state index in [0.29, 0.717) is 39.4 Å². The van der Waals surface area contributed by atoms with Crippen LogP contribution in [0.5, 0.6) is 0 Å². The number of hydrogen-bond donors (Lipinski definition) is 1. The first kappa shape index (κ1) is 14.9. The maximum atomic E-state index is 11.7. The molecule has 18 heavy (non-hydrogen) atoms. The fourth-order valence-corrected chi connectivity index (χ4v) is 1.74. The number of rotatable bonds is 7. The van der Waals surface area contributed by atoms with Gasteiger partial charge in [-0.05, 0) is 0 Å². The van der Waals surface area contributed by atoms with Crippen LogP contribution in [0.25, 0.3) is 0 Å². The maximum Gasteiger partial charge on any atom is 0.317 e. The van der Waals surface area contributed by atoms with Crippen molar-refractivity contribution in [1.29, 1.82) is 0 Å². The highest BCUT2D eigenvalue weighted by Gasteiger charge is 2.21. The van der Waals surface area contributed by atoms with E-state index >= 15 is 0 Å². The van der Waals surface area contributed by atoms with Gasteiger partial charge in [-0.2, -0.15) is 0 Å². The first-order chi connectivity index (χ1) is 8.63. The summed E-state index contributed by atoms with van der Waals surface area (Å²) < 4.78 is 9.96. The van der Waals surface area contributed by atoms with Crippen LogP contribution in [0.2, 0.25) is 0 Å². The Balaban J connectivity index is 2.17. The van der Waals surface area contributed by atoms with Gasteiger partial charge in [0, 0.05) is 33.3 Å². The Kier molecular flexibility index (Phi) is 6.63. The van der Waals surface area contributed by atoms with Crippen molar-refractivity contribution in [2.24, 2.45) is 0 Å². The van der Waals surface area contributed by atoms with Crippen molar-refractivity contribution in [2.45, 2.75) is 0 Å². The lowest BCUT2D eigenvalue weighted by molar-refractivity contribution is -0.140. The normalized spacial score (nSPS) is 16.8. The van der Waals surface area contributed by atoms with E-state index in [0.717, 1.165) is 0 Å². The number of hydrogen-bond acceptors (Lipinski definition) is 5. The van der Waals surface area contributed by atoms with Gasteiger partial charge in [0.2, 0.25) is 5.91 Å². The van der Waals surface area contributed by atoms with Gasteiger partial charge in [-0.3, -0.25) is 14.5 Å². The Morgan fingerprint density at radius 1 is 1.17 bits per heavy atom. The second-order valence-corrected chi connectivity index (χ2v) is 4.10. The lowest BCUT2D eigenvalue weighted by atomic mass is 10.3. The van der Waals surface area contributed by atoms with Crippen molar-refractivity contribution in [3.05, 3.63) is 0 Å². The molecule has 1 aliphatic heterocycles. The summed E-state index contributed by atoms with van der Waals surface area (Å²) in [6.45, 7) is 3.27. The van der Waals surface area contributed by atoms with Crippen molar-refractivity contribution in [3.63, 3.8) is 0 Å². The van der Waals surface area contributed by atoms with E-state index in [-0.39, 0.29) is 19.1 Å². The van der Waals surface area contributed by atoms with Gasteiger partial charge in [-0.1, -0.05) is 0 Å². The number of amides is 1. The van der Waals surface area contributed by atoms with Gasteiger partial charge < -0.3 is 19.5 Å². The third-order valence-electron chi connectivity index (χ3n) is 2.74. The fourth-order valence-electron chi connectivity index (χ4n) is 1.74. The summed E-state index contributed by atoms with van der Waals surface area (Å²) in [6.07, 6.45) is 0. The Morgan fingerprint density at radius 2 is 1.83 bits per heavy atom. The molecule has 0 saturated carbocycles. The van der Waals surface area contributed by atoms with Gasteiger partial charge in [0.1, 0.15) is 6.61 Å². The summed E-state index contributed by atoms with van der Waals surface area (Å²) in [5, 5.41) is 8.65. The number of aliphatic carboxylic acids is 1. The molecule has 0 aliphatic carbocycles. The Bertz CT molecular complexity index is 277. The van der Waals surface area contributed by atoms with E-state index in [1.165, 1.54) is 0 Å². The van der Waals surface area contributed by atoms with Gasteiger partial charge in [0.05, 0.1) is 19.8 Å². The topological polar surface area (TPSA) is 79.3 Å². The minimum atomic E-state index is -0.835. The maximum absolute atomic E-state index is 11.7. The zero-order valence-corrected chi connectivity index (χ0v) is 10.6. The number of carboxylic acid groups (broad SMARTS) is 1. The summed E-state index contributed by atoms with van der Waals surface area (Å²) in [5.74, 6) is -0.890. The number of ether oxygens (including phenoxy) is 2. The van der Waals surface area contributed by atoms with Crippen LogP contribution >= 0.6 is 0 Å². The lowest BCUT2D eigenvalue weighted by Gasteiger charge is -2.33. The molecule has 0 aromatic carbocycles. The zero-order valence-electron chi connectivity index (χ0n) is 10.6. The van der Waals surface area contributed by atoms with Gasteiger partial charge in [-0.25, -0.2) is 0 Å². The SMILES string of the molecule is COCCOCC(=O)N1CCN(CC(=O)O)CC1. The third kappa shape index (κ3) is 5.44. The molecule has 0 aromatic heterocycles. The van der Waals surface area contributed by atoms with Crippen LogP contribution in [0.4, 0.5) is 0 Å². The number of carbonyl (C=O) groups excluding carboxylic acids is 1. The average Bonchev–Trinajstić information content (AvgIpc) is 2.34. The molecule has 104 valence electrons. The van der Waals surface area contributed by atoms with Crippen molar-refractivity contribution in [3.8, 4) is 0 Å². The highest BCUT2D eigenvalue weighted by Crippen LogP contribution is 2.02. The van der Waals surface area contributed by atoms with E-state index < -0.39 is 5.97 Å². The lowest BCUT2D eigenvalue weighted by Crippen LogP contribution is -2.50. The van der Waals surface area contributed by atoms with E-state index in [1.807, 2.05) is 4.90 Å². The molecule has 1 saturated heterocycles. The van der Waals surface area contributed by atoms with Crippen LogP contribution in [0.15, 0.2) is 0 Å².